The van der Waals surface area contributed by atoms with Crippen molar-refractivity contribution in [2.45, 2.75) is 30.7 Å². The second kappa shape index (κ2) is 2.40. The number of hydrogen-bond acceptors (Lipinski definition) is 5. The smallest absolute Gasteiger partial charge is 0.186 e. The Morgan fingerprint density at radius 2 is 1.82 bits per heavy atom. The number of hydrogen-bond donors (Lipinski definition) is 3. The Morgan fingerprint density at radius 1 is 1.09 bits per heavy atom. The van der Waals surface area contributed by atoms with Crippen molar-refractivity contribution in [3.63, 3.8) is 0 Å². The molecule has 2 rings (SSSR count). The fourth-order valence-corrected chi connectivity index (χ4v) is 1.42. The van der Waals surface area contributed by atoms with Crippen LogP contribution in [0.4, 0.5) is 0 Å². The SMILES string of the molecule is O[C@H]1[C@@H]2OC(OC[C@H]2O)[C@@H]1O. The molecule has 0 aromatic heterocycles. The van der Waals surface area contributed by atoms with Crippen LogP contribution in [-0.2, 0) is 9.47 Å². The van der Waals surface area contributed by atoms with Gasteiger partial charge in [-0.25, -0.2) is 0 Å². The topological polar surface area (TPSA) is 79.2 Å². The fourth-order valence-electron chi connectivity index (χ4n) is 1.42. The van der Waals surface area contributed by atoms with Gasteiger partial charge in [-0.05, 0) is 0 Å². The van der Waals surface area contributed by atoms with Gasteiger partial charge in [-0.2, -0.15) is 0 Å². The Bertz CT molecular complexity index is 161. The lowest BCUT2D eigenvalue weighted by atomic mass is 10.1. The largest absolute Gasteiger partial charge is 0.388 e. The minimum Gasteiger partial charge on any atom is -0.388 e. The second-order valence-electron chi connectivity index (χ2n) is 2.85. The summed E-state index contributed by atoms with van der Waals surface area (Å²) in [7, 11) is 0. The summed E-state index contributed by atoms with van der Waals surface area (Å²) in [6.45, 7) is 0.115. The minimum atomic E-state index is -1.03. The van der Waals surface area contributed by atoms with E-state index in [9.17, 15) is 10.2 Å². The monoisotopic (exact) mass is 162 g/mol. The van der Waals surface area contributed by atoms with Gasteiger partial charge < -0.3 is 24.8 Å². The zero-order chi connectivity index (χ0) is 8.01. The van der Waals surface area contributed by atoms with Gasteiger partial charge >= 0.3 is 0 Å². The molecule has 5 heteroatoms. The lowest BCUT2D eigenvalue weighted by Gasteiger charge is -2.25. The quantitative estimate of drug-likeness (QED) is 0.377. The van der Waals surface area contributed by atoms with Crippen molar-refractivity contribution in [3.8, 4) is 0 Å². The maximum absolute atomic E-state index is 9.22. The van der Waals surface area contributed by atoms with E-state index in [-0.39, 0.29) is 6.61 Å². The molecule has 2 aliphatic rings. The molecule has 64 valence electrons. The van der Waals surface area contributed by atoms with Gasteiger partial charge in [-0.3, -0.25) is 0 Å². The molecule has 2 fully saturated rings. The van der Waals surface area contributed by atoms with Crippen LogP contribution in [0.1, 0.15) is 0 Å². The van der Waals surface area contributed by atoms with Gasteiger partial charge in [0.25, 0.3) is 0 Å². The molecule has 0 aliphatic carbocycles. The first-order valence-corrected chi connectivity index (χ1v) is 3.51. The molecule has 2 aliphatic heterocycles. The molecule has 0 amide bonds. The van der Waals surface area contributed by atoms with Crippen LogP contribution in [0.3, 0.4) is 0 Å². The van der Waals surface area contributed by atoms with Gasteiger partial charge in [0.05, 0.1) is 6.61 Å². The number of rotatable bonds is 0. The molecule has 2 saturated heterocycles. The maximum atomic E-state index is 9.22. The molecule has 11 heavy (non-hydrogen) atoms. The molecular weight excluding hydrogens is 152 g/mol. The van der Waals surface area contributed by atoms with Crippen molar-refractivity contribution in [1.82, 2.24) is 0 Å². The third kappa shape index (κ3) is 0.969. The fraction of sp³-hybridized carbons (Fsp3) is 1.00. The Hall–Kier alpha value is -0.200. The van der Waals surface area contributed by atoms with Crippen LogP contribution < -0.4 is 0 Å². The minimum absolute atomic E-state index is 0.115. The molecule has 1 unspecified atom stereocenters. The zero-order valence-electron chi connectivity index (χ0n) is 5.75. The summed E-state index contributed by atoms with van der Waals surface area (Å²) >= 11 is 0. The van der Waals surface area contributed by atoms with Crippen molar-refractivity contribution in [3.05, 3.63) is 0 Å². The normalized spacial score (nSPS) is 56.5. The van der Waals surface area contributed by atoms with Crippen LogP contribution in [0.25, 0.3) is 0 Å². The van der Waals surface area contributed by atoms with Crippen LogP contribution in [0.15, 0.2) is 0 Å². The van der Waals surface area contributed by atoms with E-state index in [1.165, 1.54) is 0 Å². The van der Waals surface area contributed by atoms with E-state index in [4.69, 9.17) is 14.6 Å². The molecule has 0 aromatic rings. The van der Waals surface area contributed by atoms with Crippen LogP contribution in [0.5, 0.6) is 0 Å². The van der Waals surface area contributed by atoms with Crippen molar-refractivity contribution in [1.29, 1.82) is 0 Å². The van der Waals surface area contributed by atoms with Crippen LogP contribution in [0, 0.1) is 0 Å². The van der Waals surface area contributed by atoms with Gasteiger partial charge in [0.15, 0.2) is 6.29 Å². The van der Waals surface area contributed by atoms with Crippen LogP contribution in [-0.4, -0.2) is 52.6 Å². The van der Waals surface area contributed by atoms with E-state index >= 15 is 0 Å². The third-order valence-corrected chi connectivity index (χ3v) is 2.07. The van der Waals surface area contributed by atoms with Crippen molar-refractivity contribution in [2.24, 2.45) is 0 Å². The van der Waals surface area contributed by atoms with Gasteiger partial charge in [0.1, 0.15) is 24.4 Å². The van der Waals surface area contributed by atoms with Crippen molar-refractivity contribution >= 4 is 0 Å². The standard InChI is InChI=1S/C6H10O5/c7-2-1-10-6-4(9)3(8)5(2)11-6/h2-9H,1H2/t2-,3-,4-,5-,6?/m1/s1. The number of aliphatic hydroxyl groups excluding tert-OH is 3. The average molecular weight is 162 g/mol. The van der Waals surface area contributed by atoms with E-state index in [0.29, 0.717) is 0 Å². The molecule has 5 atom stereocenters. The first-order chi connectivity index (χ1) is 5.20. The highest BCUT2D eigenvalue weighted by Gasteiger charge is 2.50. The number of aliphatic hydroxyl groups is 3. The molecule has 3 N–H and O–H groups in total. The van der Waals surface area contributed by atoms with Gasteiger partial charge in [-0.15, -0.1) is 0 Å². The summed E-state index contributed by atoms with van der Waals surface area (Å²) in [6.07, 6.45) is -4.35. The van der Waals surface area contributed by atoms with E-state index in [2.05, 4.69) is 0 Å². The highest BCUT2D eigenvalue weighted by atomic mass is 16.7. The van der Waals surface area contributed by atoms with Gasteiger partial charge in [0.2, 0.25) is 0 Å². The first-order valence-electron chi connectivity index (χ1n) is 3.51. The Labute approximate surface area is 63.2 Å². The summed E-state index contributed by atoms with van der Waals surface area (Å²) in [5.74, 6) is 0. The van der Waals surface area contributed by atoms with Crippen molar-refractivity contribution < 1.29 is 24.8 Å². The summed E-state index contributed by atoms with van der Waals surface area (Å²) in [6, 6.07) is 0. The maximum Gasteiger partial charge on any atom is 0.186 e. The highest BCUT2D eigenvalue weighted by Crippen LogP contribution is 2.28. The highest BCUT2D eigenvalue weighted by molar-refractivity contribution is 4.93. The predicted molar refractivity (Wildman–Crippen MR) is 32.6 cm³/mol. The van der Waals surface area contributed by atoms with E-state index in [1.807, 2.05) is 0 Å². The number of ether oxygens (including phenoxy) is 2. The lowest BCUT2D eigenvalue weighted by Crippen LogP contribution is -2.41. The van der Waals surface area contributed by atoms with Gasteiger partial charge in [0, 0.05) is 0 Å². The predicted octanol–water partition coefficient (Wildman–Crippen LogP) is -2.18. The molecule has 0 aromatic carbocycles. The summed E-state index contributed by atoms with van der Waals surface area (Å²) in [5.41, 5.74) is 0. The number of fused-ring (bicyclic) bond motifs is 2. The zero-order valence-corrected chi connectivity index (χ0v) is 5.75. The van der Waals surface area contributed by atoms with E-state index < -0.39 is 30.7 Å². The lowest BCUT2D eigenvalue weighted by molar-refractivity contribution is -0.233. The summed E-state index contributed by atoms with van der Waals surface area (Å²) in [4.78, 5) is 0. The molecule has 2 heterocycles. The average Bonchev–Trinajstić information content (AvgIpc) is 2.24. The van der Waals surface area contributed by atoms with E-state index in [1.54, 1.807) is 0 Å². The van der Waals surface area contributed by atoms with E-state index in [0.717, 1.165) is 0 Å². The van der Waals surface area contributed by atoms with Crippen LogP contribution in [0.2, 0.25) is 0 Å². The molecule has 2 bridgehead atoms. The first kappa shape index (κ1) is 7.45. The Kier molecular flexibility index (Phi) is 1.62. The Morgan fingerprint density at radius 3 is 2.45 bits per heavy atom. The summed E-state index contributed by atoms with van der Waals surface area (Å²) in [5, 5.41) is 27.6. The Balaban J connectivity index is 2.16. The molecular formula is C6H10O5. The van der Waals surface area contributed by atoms with Gasteiger partial charge in [-0.1, -0.05) is 0 Å². The second-order valence-corrected chi connectivity index (χ2v) is 2.85. The van der Waals surface area contributed by atoms with Crippen LogP contribution >= 0.6 is 0 Å². The molecule has 5 nitrogen and oxygen atoms in total. The molecule has 0 spiro atoms. The molecule has 0 radical (unpaired) electrons. The molecule has 0 saturated carbocycles. The third-order valence-electron chi connectivity index (χ3n) is 2.07. The van der Waals surface area contributed by atoms with Crippen molar-refractivity contribution in [2.75, 3.05) is 6.61 Å². The summed E-state index contributed by atoms with van der Waals surface area (Å²) < 4.78 is 9.84.